The van der Waals surface area contributed by atoms with Crippen LogP contribution in [0.2, 0.25) is 0 Å². The summed E-state index contributed by atoms with van der Waals surface area (Å²) in [5.41, 5.74) is 2.92. The maximum absolute atomic E-state index is 12.5. The van der Waals surface area contributed by atoms with Crippen LogP contribution in [-0.2, 0) is 24.3 Å². The molecule has 0 aromatic carbocycles. The molecule has 7 nitrogen and oxygen atoms in total. The number of aryl methyl sites for hydroxylation is 1. The van der Waals surface area contributed by atoms with Gasteiger partial charge in [0.05, 0.1) is 31.5 Å². The van der Waals surface area contributed by atoms with E-state index in [1.807, 2.05) is 6.92 Å². The Morgan fingerprint density at radius 2 is 2.11 bits per heavy atom. The molecule has 3 aliphatic rings. The molecule has 1 aliphatic carbocycles. The third-order valence-corrected chi connectivity index (χ3v) is 5.76. The Bertz CT molecular complexity index is 921. The van der Waals surface area contributed by atoms with E-state index in [1.165, 1.54) is 12.8 Å². The summed E-state index contributed by atoms with van der Waals surface area (Å²) in [4.78, 5) is 24.3. The first-order valence-electron chi connectivity index (χ1n) is 9.97. The van der Waals surface area contributed by atoms with Crippen molar-refractivity contribution in [1.82, 2.24) is 19.7 Å². The van der Waals surface area contributed by atoms with E-state index in [4.69, 9.17) is 9.72 Å². The molecule has 0 amide bonds. The van der Waals surface area contributed by atoms with Crippen LogP contribution < -0.4 is 10.5 Å². The van der Waals surface area contributed by atoms with Crippen LogP contribution in [0.4, 0.5) is 5.82 Å². The zero-order valence-corrected chi connectivity index (χ0v) is 15.7. The first-order valence-corrected chi connectivity index (χ1v) is 9.97. The van der Waals surface area contributed by atoms with E-state index in [0.717, 1.165) is 54.4 Å². The van der Waals surface area contributed by atoms with E-state index >= 15 is 0 Å². The molecule has 0 radical (unpaired) electrons. The van der Waals surface area contributed by atoms with Crippen molar-refractivity contribution in [1.29, 1.82) is 0 Å². The van der Waals surface area contributed by atoms with E-state index in [-0.39, 0.29) is 11.6 Å². The molecule has 1 atom stereocenters. The monoisotopic (exact) mass is 367 g/mol. The number of nitrogens with zero attached hydrogens (tertiary/aromatic N) is 5. The van der Waals surface area contributed by atoms with Crippen LogP contribution in [0.25, 0.3) is 0 Å². The minimum atomic E-state index is -0.0383. The average molecular weight is 367 g/mol. The largest absolute Gasteiger partial charge is 0.376 e. The Balaban J connectivity index is 1.41. The first-order chi connectivity index (χ1) is 13.2. The van der Waals surface area contributed by atoms with Gasteiger partial charge < -0.3 is 9.64 Å². The number of hydrogen-bond donors (Lipinski definition) is 0. The van der Waals surface area contributed by atoms with Gasteiger partial charge in [0.2, 0.25) is 0 Å². The fourth-order valence-electron chi connectivity index (χ4n) is 4.16. The van der Waals surface area contributed by atoms with E-state index in [9.17, 15) is 4.79 Å². The van der Waals surface area contributed by atoms with Crippen LogP contribution in [-0.4, -0.2) is 38.9 Å². The van der Waals surface area contributed by atoms with Gasteiger partial charge in [-0.1, -0.05) is 0 Å². The molecule has 1 unspecified atom stereocenters. The first kappa shape index (κ1) is 16.9. The molecule has 1 saturated heterocycles. The van der Waals surface area contributed by atoms with Gasteiger partial charge in [0.15, 0.2) is 0 Å². The second kappa shape index (κ2) is 6.71. The molecule has 5 rings (SSSR count). The summed E-state index contributed by atoms with van der Waals surface area (Å²) in [6.07, 6.45) is 5.34. The predicted octanol–water partition coefficient (Wildman–Crippen LogP) is 1.96. The van der Waals surface area contributed by atoms with Gasteiger partial charge in [-0.2, -0.15) is 5.10 Å². The summed E-state index contributed by atoms with van der Waals surface area (Å²) < 4.78 is 7.08. The summed E-state index contributed by atoms with van der Waals surface area (Å²) in [5.74, 6) is 2.53. The van der Waals surface area contributed by atoms with E-state index in [2.05, 4.69) is 21.0 Å². The topological polar surface area (TPSA) is 73.1 Å². The highest BCUT2D eigenvalue weighted by Crippen LogP contribution is 2.39. The van der Waals surface area contributed by atoms with Gasteiger partial charge in [0.1, 0.15) is 11.6 Å². The summed E-state index contributed by atoms with van der Waals surface area (Å²) in [6, 6.07) is 4.01. The van der Waals surface area contributed by atoms with Crippen molar-refractivity contribution in [2.24, 2.45) is 0 Å². The molecule has 1 saturated carbocycles. The Hall–Kier alpha value is -2.28. The standard InChI is InChI=1S/C20H25N5O2/c1-13-9-18(22-20(21-13)14-4-5-14)24-7-2-3-16(24)11-25-19(26)10-15-12-27-8-6-17(15)23-25/h9-10,14,16H,2-8,11-12H2,1H3. The zero-order valence-electron chi connectivity index (χ0n) is 15.7. The van der Waals surface area contributed by atoms with Crippen molar-refractivity contribution in [3.05, 3.63) is 45.3 Å². The minimum Gasteiger partial charge on any atom is -0.376 e. The van der Waals surface area contributed by atoms with E-state index < -0.39 is 0 Å². The van der Waals surface area contributed by atoms with Crippen LogP contribution in [0.1, 0.15) is 54.4 Å². The molecule has 2 aromatic rings. The summed E-state index contributed by atoms with van der Waals surface area (Å²) in [5, 5.41) is 4.64. The van der Waals surface area contributed by atoms with Gasteiger partial charge in [-0.15, -0.1) is 0 Å². The van der Waals surface area contributed by atoms with Crippen molar-refractivity contribution in [2.75, 3.05) is 18.1 Å². The summed E-state index contributed by atoms with van der Waals surface area (Å²) in [6.45, 7) is 4.79. The van der Waals surface area contributed by atoms with Crippen molar-refractivity contribution < 1.29 is 4.74 Å². The van der Waals surface area contributed by atoms with Gasteiger partial charge in [-0.25, -0.2) is 14.6 Å². The predicted molar refractivity (Wildman–Crippen MR) is 101 cm³/mol. The van der Waals surface area contributed by atoms with Gasteiger partial charge in [0, 0.05) is 42.3 Å². The van der Waals surface area contributed by atoms with Crippen LogP contribution in [0, 0.1) is 6.92 Å². The van der Waals surface area contributed by atoms with Crippen molar-refractivity contribution in [3.8, 4) is 0 Å². The van der Waals surface area contributed by atoms with E-state index in [0.29, 0.717) is 25.7 Å². The second-order valence-corrected chi connectivity index (χ2v) is 7.93. The molecular weight excluding hydrogens is 342 g/mol. The number of anilines is 1. The lowest BCUT2D eigenvalue weighted by Crippen LogP contribution is -2.38. The summed E-state index contributed by atoms with van der Waals surface area (Å²) >= 11 is 0. The smallest absolute Gasteiger partial charge is 0.267 e. The molecular formula is C20H25N5O2. The van der Waals surface area contributed by atoms with Crippen LogP contribution >= 0.6 is 0 Å². The molecule has 0 bridgehead atoms. The normalized spacial score (nSPS) is 22.1. The average Bonchev–Trinajstić information content (AvgIpc) is 3.41. The highest BCUT2D eigenvalue weighted by atomic mass is 16.5. The molecule has 2 aromatic heterocycles. The highest BCUT2D eigenvalue weighted by Gasteiger charge is 2.31. The van der Waals surface area contributed by atoms with Crippen molar-refractivity contribution in [2.45, 2.75) is 64.1 Å². The molecule has 7 heteroatoms. The molecule has 0 N–H and O–H groups in total. The van der Waals surface area contributed by atoms with Crippen molar-refractivity contribution in [3.63, 3.8) is 0 Å². The van der Waals surface area contributed by atoms with Crippen LogP contribution in [0.15, 0.2) is 16.9 Å². The van der Waals surface area contributed by atoms with Crippen LogP contribution in [0.5, 0.6) is 0 Å². The molecule has 4 heterocycles. The number of fused-ring (bicyclic) bond motifs is 1. The molecule has 2 fully saturated rings. The molecule has 27 heavy (non-hydrogen) atoms. The minimum absolute atomic E-state index is 0.0383. The SMILES string of the molecule is Cc1cc(N2CCCC2Cn2nc3c(cc2=O)COCC3)nc(C2CC2)n1. The van der Waals surface area contributed by atoms with Gasteiger partial charge in [-0.05, 0) is 32.6 Å². The third-order valence-electron chi connectivity index (χ3n) is 5.76. The lowest BCUT2D eigenvalue weighted by Gasteiger charge is -2.27. The Labute approximate surface area is 158 Å². The Morgan fingerprint density at radius 1 is 1.22 bits per heavy atom. The molecule has 2 aliphatic heterocycles. The lowest BCUT2D eigenvalue weighted by atomic mass is 10.1. The fraction of sp³-hybridized carbons (Fsp3) is 0.600. The second-order valence-electron chi connectivity index (χ2n) is 7.93. The zero-order chi connectivity index (χ0) is 18.4. The Morgan fingerprint density at radius 3 is 2.96 bits per heavy atom. The van der Waals surface area contributed by atoms with Gasteiger partial charge >= 0.3 is 0 Å². The molecule has 0 spiro atoms. The number of ether oxygens (including phenoxy) is 1. The van der Waals surface area contributed by atoms with Crippen LogP contribution in [0.3, 0.4) is 0 Å². The van der Waals surface area contributed by atoms with Gasteiger partial charge in [-0.3, -0.25) is 4.79 Å². The molecule has 142 valence electrons. The maximum Gasteiger partial charge on any atom is 0.267 e. The van der Waals surface area contributed by atoms with Crippen molar-refractivity contribution >= 4 is 5.82 Å². The Kier molecular flexibility index (Phi) is 4.19. The van der Waals surface area contributed by atoms with Gasteiger partial charge in [0.25, 0.3) is 5.56 Å². The summed E-state index contributed by atoms with van der Waals surface area (Å²) in [7, 11) is 0. The number of rotatable bonds is 4. The fourth-order valence-corrected chi connectivity index (χ4v) is 4.16. The lowest BCUT2D eigenvalue weighted by molar-refractivity contribution is 0.108. The third kappa shape index (κ3) is 3.36. The van der Waals surface area contributed by atoms with E-state index in [1.54, 1.807) is 10.7 Å². The maximum atomic E-state index is 12.5. The number of aromatic nitrogens is 4. The number of hydrogen-bond acceptors (Lipinski definition) is 6. The highest BCUT2D eigenvalue weighted by molar-refractivity contribution is 5.43. The quantitative estimate of drug-likeness (QED) is 0.823.